The molecule has 0 aliphatic carbocycles. The largest absolute Gasteiger partial charge is 0.341 e. The van der Waals surface area contributed by atoms with Gasteiger partial charge in [-0.3, -0.25) is 4.79 Å². The van der Waals surface area contributed by atoms with Gasteiger partial charge in [0.25, 0.3) is 0 Å². The zero-order valence-corrected chi connectivity index (χ0v) is 13.3. The Balaban J connectivity index is 4.82. The number of nitrogens with two attached hydrogens (primary N) is 1. The van der Waals surface area contributed by atoms with E-state index < -0.39 is 0 Å². The molecule has 0 aliphatic heterocycles. The fraction of sp³-hybridized carbons (Fsp3) is 0.933. The van der Waals surface area contributed by atoms with Crippen molar-refractivity contribution in [3.63, 3.8) is 0 Å². The van der Waals surface area contributed by atoms with Crippen LogP contribution in [-0.4, -0.2) is 29.9 Å². The lowest BCUT2D eigenvalue weighted by atomic mass is 9.76. The number of nitrogens with zero attached hydrogens (tertiary/aromatic N) is 1. The van der Waals surface area contributed by atoms with Gasteiger partial charge in [-0.25, -0.2) is 0 Å². The van der Waals surface area contributed by atoms with E-state index in [9.17, 15) is 4.79 Å². The van der Waals surface area contributed by atoms with Crippen molar-refractivity contribution in [2.24, 2.45) is 17.1 Å². The standard InChI is InChI=1S/C15H32N2O/c1-14(2,3)12(10-8-9-11-16)13(18)17(7)15(4,5)6/h12H,8-11,16H2,1-7H3/t12-/m0/s1. The average molecular weight is 256 g/mol. The van der Waals surface area contributed by atoms with Gasteiger partial charge in [0.05, 0.1) is 0 Å². The minimum absolute atomic E-state index is 0.00515. The van der Waals surface area contributed by atoms with Crippen LogP contribution >= 0.6 is 0 Å². The molecular weight excluding hydrogens is 224 g/mol. The minimum Gasteiger partial charge on any atom is -0.341 e. The van der Waals surface area contributed by atoms with Gasteiger partial charge in [0.1, 0.15) is 0 Å². The second-order valence-electron chi connectivity index (χ2n) is 7.27. The third kappa shape index (κ3) is 5.38. The van der Waals surface area contributed by atoms with Crippen molar-refractivity contribution in [1.29, 1.82) is 0 Å². The molecule has 0 heterocycles. The number of hydrogen-bond donors (Lipinski definition) is 1. The van der Waals surface area contributed by atoms with Gasteiger partial charge in [-0.1, -0.05) is 27.2 Å². The maximum absolute atomic E-state index is 12.6. The monoisotopic (exact) mass is 256 g/mol. The first kappa shape index (κ1) is 17.4. The highest BCUT2D eigenvalue weighted by molar-refractivity contribution is 5.80. The van der Waals surface area contributed by atoms with E-state index in [-0.39, 0.29) is 22.8 Å². The highest BCUT2D eigenvalue weighted by Gasteiger charge is 2.35. The third-order valence-corrected chi connectivity index (χ3v) is 3.63. The van der Waals surface area contributed by atoms with E-state index in [1.165, 1.54) is 0 Å². The van der Waals surface area contributed by atoms with Crippen LogP contribution in [-0.2, 0) is 4.79 Å². The molecule has 0 bridgehead atoms. The quantitative estimate of drug-likeness (QED) is 0.769. The van der Waals surface area contributed by atoms with Crippen LogP contribution in [0.2, 0.25) is 0 Å². The summed E-state index contributed by atoms with van der Waals surface area (Å²) in [7, 11) is 1.91. The van der Waals surface area contributed by atoms with Crippen molar-refractivity contribution in [3.05, 3.63) is 0 Å². The molecule has 0 aromatic rings. The van der Waals surface area contributed by atoms with E-state index >= 15 is 0 Å². The normalized spacial score (nSPS) is 14.4. The smallest absolute Gasteiger partial charge is 0.226 e. The third-order valence-electron chi connectivity index (χ3n) is 3.63. The summed E-state index contributed by atoms with van der Waals surface area (Å²) in [5.74, 6) is 0.334. The summed E-state index contributed by atoms with van der Waals surface area (Å²) in [6.07, 6.45) is 2.96. The van der Waals surface area contributed by atoms with Gasteiger partial charge in [-0.15, -0.1) is 0 Å². The van der Waals surface area contributed by atoms with Gasteiger partial charge in [0, 0.05) is 18.5 Å². The topological polar surface area (TPSA) is 46.3 Å². The summed E-state index contributed by atoms with van der Waals surface area (Å²) < 4.78 is 0. The lowest BCUT2D eigenvalue weighted by molar-refractivity contribution is -0.142. The van der Waals surface area contributed by atoms with Crippen molar-refractivity contribution in [2.45, 2.75) is 66.3 Å². The van der Waals surface area contributed by atoms with E-state index in [2.05, 4.69) is 41.5 Å². The van der Waals surface area contributed by atoms with Crippen molar-refractivity contribution >= 4 is 5.91 Å². The van der Waals surface area contributed by atoms with E-state index in [1.54, 1.807) is 0 Å². The Hall–Kier alpha value is -0.570. The summed E-state index contributed by atoms with van der Waals surface area (Å²) in [5.41, 5.74) is 5.42. The van der Waals surface area contributed by atoms with Crippen LogP contribution in [0.5, 0.6) is 0 Å². The van der Waals surface area contributed by atoms with Crippen molar-refractivity contribution in [1.82, 2.24) is 4.90 Å². The van der Waals surface area contributed by atoms with Crippen LogP contribution in [0.25, 0.3) is 0 Å². The molecule has 0 radical (unpaired) electrons. The summed E-state index contributed by atoms with van der Waals surface area (Å²) in [6.45, 7) is 13.4. The molecule has 0 saturated carbocycles. The highest BCUT2D eigenvalue weighted by atomic mass is 16.2. The second-order valence-corrected chi connectivity index (χ2v) is 7.27. The summed E-state index contributed by atoms with van der Waals surface area (Å²) in [6, 6.07) is 0. The van der Waals surface area contributed by atoms with Crippen molar-refractivity contribution in [3.8, 4) is 0 Å². The van der Waals surface area contributed by atoms with Crippen LogP contribution < -0.4 is 5.73 Å². The van der Waals surface area contributed by atoms with Crippen LogP contribution in [0.1, 0.15) is 60.8 Å². The van der Waals surface area contributed by atoms with Gasteiger partial charge < -0.3 is 10.6 Å². The SMILES string of the molecule is CN(C(=O)[C@H](CCCCN)C(C)(C)C)C(C)(C)C. The molecule has 1 atom stereocenters. The molecule has 2 N–H and O–H groups in total. The van der Waals surface area contributed by atoms with E-state index in [0.29, 0.717) is 6.54 Å². The Morgan fingerprint density at radius 2 is 1.61 bits per heavy atom. The zero-order chi connectivity index (χ0) is 14.6. The maximum atomic E-state index is 12.6. The Labute approximate surface area is 113 Å². The first-order valence-electron chi connectivity index (χ1n) is 6.99. The van der Waals surface area contributed by atoms with Gasteiger partial charge in [-0.05, 0) is 45.6 Å². The van der Waals surface area contributed by atoms with Gasteiger partial charge in [-0.2, -0.15) is 0 Å². The maximum Gasteiger partial charge on any atom is 0.226 e. The van der Waals surface area contributed by atoms with Crippen molar-refractivity contribution in [2.75, 3.05) is 13.6 Å². The predicted molar refractivity (Wildman–Crippen MR) is 78.4 cm³/mol. The Bertz CT molecular complexity index is 261. The zero-order valence-electron chi connectivity index (χ0n) is 13.3. The average Bonchev–Trinajstić information content (AvgIpc) is 2.19. The van der Waals surface area contributed by atoms with Crippen LogP contribution in [0.3, 0.4) is 0 Å². The molecule has 0 fully saturated rings. The highest BCUT2D eigenvalue weighted by Crippen LogP contribution is 2.33. The fourth-order valence-corrected chi connectivity index (χ4v) is 1.98. The molecule has 108 valence electrons. The van der Waals surface area contributed by atoms with Crippen LogP contribution in [0, 0.1) is 11.3 Å². The molecule has 18 heavy (non-hydrogen) atoms. The number of unbranched alkanes of at least 4 members (excludes halogenated alkanes) is 1. The van der Waals surface area contributed by atoms with Crippen molar-refractivity contribution < 1.29 is 4.79 Å². The molecule has 1 amide bonds. The Morgan fingerprint density at radius 1 is 1.11 bits per heavy atom. The van der Waals surface area contributed by atoms with Crippen LogP contribution in [0.15, 0.2) is 0 Å². The number of rotatable bonds is 5. The summed E-state index contributed by atoms with van der Waals surface area (Å²) in [4.78, 5) is 14.5. The van der Waals surface area contributed by atoms with Gasteiger partial charge >= 0.3 is 0 Å². The number of amides is 1. The molecule has 3 nitrogen and oxygen atoms in total. The molecule has 0 rings (SSSR count). The molecule has 0 aromatic carbocycles. The van der Waals surface area contributed by atoms with Gasteiger partial charge in [0.15, 0.2) is 0 Å². The molecule has 0 saturated heterocycles. The Morgan fingerprint density at radius 3 is 1.94 bits per heavy atom. The number of carbonyl (C=O) groups excluding carboxylic acids is 1. The number of carbonyl (C=O) groups is 1. The first-order valence-corrected chi connectivity index (χ1v) is 6.99. The number of hydrogen-bond acceptors (Lipinski definition) is 2. The van der Waals surface area contributed by atoms with E-state index in [1.807, 2.05) is 11.9 Å². The van der Waals surface area contributed by atoms with E-state index in [4.69, 9.17) is 5.73 Å². The minimum atomic E-state index is -0.117. The molecule has 3 heteroatoms. The van der Waals surface area contributed by atoms with Crippen LogP contribution in [0.4, 0.5) is 0 Å². The molecule has 0 aromatic heterocycles. The lowest BCUT2D eigenvalue weighted by Gasteiger charge is -2.39. The van der Waals surface area contributed by atoms with Gasteiger partial charge in [0.2, 0.25) is 5.91 Å². The summed E-state index contributed by atoms with van der Waals surface area (Å²) in [5, 5.41) is 0. The van der Waals surface area contributed by atoms with E-state index in [0.717, 1.165) is 19.3 Å². The fourth-order valence-electron chi connectivity index (χ4n) is 1.98. The molecule has 0 spiro atoms. The first-order chi connectivity index (χ1) is 8.01. The predicted octanol–water partition coefficient (Wildman–Crippen LogP) is 3.03. The lowest BCUT2D eigenvalue weighted by Crippen LogP contribution is -2.48. The molecule has 0 aliphatic rings. The Kier molecular flexibility index (Phi) is 6.35. The molecular formula is C15H32N2O. The summed E-state index contributed by atoms with van der Waals surface area (Å²) >= 11 is 0. The molecule has 0 unspecified atom stereocenters. The second kappa shape index (κ2) is 6.55.